The van der Waals surface area contributed by atoms with E-state index in [-0.39, 0.29) is 5.91 Å². The first kappa shape index (κ1) is 19.8. The zero-order chi connectivity index (χ0) is 21.8. The number of rotatable bonds is 6. The molecule has 0 saturated heterocycles. The molecule has 0 fully saturated rings. The summed E-state index contributed by atoms with van der Waals surface area (Å²) < 4.78 is 0. The van der Waals surface area contributed by atoms with Crippen LogP contribution in [-0.4, -0.2) is 22.4 Å². The molecule has 2 N–H and O–H groups in total. The van der Waals surface area contributed by atoms with E-state index >= 15 is 0 Å². The van der Waals surface area contributed by atoms with Crippen LogP contribution in [0.4, 0.5) is 0 Å². The Morgan fingerprint density at radius 3 is 2.50 bits per heavy atom. The van der Waals surface area contributed by atoms with Crippen molar-refractivity contribution in [1.29, 1.82) is 0 Å². The van der Waals surface area contributed by atoms with Crippen LogP contribution in [0.1, 0.15) is 27.0 Å². The summed E-state index contributed by atoms with van der Waals surface area (Å²) in [7, 11) is 0. The number of nitrogens with zero attached hydrogens (tertiary/aromatic N) is 1. The molecule has 0 bridgehead atoms. The molecule has 4 heteroatoms. The van der Waals surface area contributed by atoms with E-state index in [1.165, 1.54) is 5.56 Å². The fraction of sp³-hybridized carbons (Fsp3) is 0.0714. The van der Waals surface area contributed by atoms with E-state index < -0.39 is 0 Å². The van der Waals surface area contributed by atoms with Crippen LogP contribution in [0.2, 0.25) is 0 Å². The summed E-state index contributed by atoms with van der Waals surface area (Å²) in [6, 6.07) is 28.0. The van der Waals surface area contributed by atoms with Crippen LogP contribution in [0.3, 0.4) is 0 Å². The van der Waals surface area contributed by atoms with Crippen LogP contribution in [0, 0.1) is 0 Å². The van der Waals surface area contributed by atoms with Gasteiger partial charge in [0.1, 0.15) is 5.65 Å². The van der Waals surface area contributed by atoms with Gasteiger partial charge in [-0.1, -0.05) is 66.7 Å². The van der Waals surface area contributed by atoms with E-state index in [2.05, 4.69) is 57.8 Å². The van der Waals surface area contributed by atoms with E-state index in [1.54, 1.807) is 0 Å². The Hall–Kier alpha value is -4.18. The van der Waals surface area contributed by atoms with Crippen LogP contribution in [0.25, 0.3) is 34.1 Å². The molecule has 3 aromatic carbocycles. The molecule has 0 aliphatic rings. The number of H-pyrrole nitrogens is 1. The standard InChI is InChI=1S/C28H23N3O/c32-28(23-9-5-2-6-10-23)30-17-15-21-12-14-25-24(19-21)26-22(16-18-29-27(26)31-25)13-11-20-7-3-1-4-8-20/h1-14,16,18-19H,15,17H2,(H,29,31)(H,30,32)/b13-11+. The minimum Gasteiger partial charge on any atom is -0.352 e. The molecule has 0 atom stereocenters. The molecule has 5 rings (SSSR count). The van der Waals surface area contributed by atoms with E-state index in [0.717, 1.165) is 39.5 Å². The molecular formula is C28H23N3O. The van der Waals surface area contributed by atoms with Crippen molar-refractivity contribution in [2.45, 2.75) is 6.42 Å². The monoisotopic (exact) mass is 417 g/mol. The SMILES string of the molecule is O=C(NCCc1ccc2[nH]c3nccc(/C=C/c4ccccc4)c3c2c1)c1ccccc1. The maximum atomic E-state index is 12.3. The van der Waals surface area contributed by atoms with Crippen LogP contribution in [0.15, 0.2) is 91.1 Å². The third-order valence-electron chi connectivity index (χ3n) is 5.58. The van der Waals surface area contributed by atoms with Gasteiger partial charge in [-0.3, -0.25) is 4.79 Å². The number of hydrogen-bond acceptors (Lipinski definition) is 2. The second-order valence-corrected chi connectivity index (χ2v) is 7.74. The fourth-order valence-corrected chi connectivity index (χ4v) is 3.95. The first-order chi connectivity index (χ1) is 15.8. The first-order valence-corrected chi connectivity index (χ1v) is 10.7. The maximum absolute atomic E-state index is 12.3. The molecule has 32 heavy (non-hydrogen) atoms. The first-order valence-electron chi connectivity index (χ1n) is 10.7. The van der Waals surface area contributed by atoms with Gasteiger partial charge < -0.3 is 10.3 Å². The number of pyridine rings is 1. The molecule has 156 valence electrons. The van der Waals surface area contributed by atoms with Crippen molar-refractivity contribution in [3.05, 3.63) is 113 Å². The molecule has 1 amide bonds. The van der Waals surface area contributed by atoms with Gasteiger partial charge in [-0.2, -0.15) is 0 Å². The largest absolute Gasteiger partial charge is 0.352 e. The highest BCUT2D eigenvalue weighted by Gasteiger charge is 2.10. The lowest BCUT2D eigenvalue weighted by molar-refractivity contribution is 0.0954. The van der Waals surface area contributed by atoms with Crippen molar-refractivity contribution in [3.63, 3.8) is 0 Å². The number of aromatic nitrogens is 2. The molecule has 5 aromatic rings. The number of amides is 1. The number of carbonyl (C=O) groups excluding carboxylic acids is 1. The van der Waals surface area contributed by atoms with E-state index in [1.807, 2.05) is 60.8 Å². The summed E-state index contributed by atoms with van der Waals surface area (Å²) in [5, 5.41) is 5.27. The average Bonchev–Trinajstić information content (AvgIpc) is 3.22. The average molecular weight is 418 g/mol. The summed E-state index contributed by atoms with van der Waals surface area (Å²) in [5.74, 6) is -0.0451. The second kappa shape index (κ2) is 8.90. The van der Waals surface area contributed by atoms with Gasteiger partial charge in [0.05, 0.1) is 0 Å². The molecule has 0 saturated carbocycles. The Bertz CT molecular complexity index is 1400. The Morgan fingerprint density at radius 1 is 0.906 bits per heavy atom. The van der Waals surface area contributed by atoms with Crippen molar-refractivity contribution in [2.24, 2.45) is 0 Å². The fourth-order valence-electron chi connectivity index (χ4n) is 3.95. The minimum absolute atomic E-state index is 0.0451. The van der Waals surface area contributed by atoms with Gasteiger partial charge in [0, 0.05) is 34.6 Å². The van der Waals surface area contributed by atoms with Gasteiger partial charge in [0.15, 0.2) is 0 Å². The van der Waals surface area contributed by atoms with Gasteiger partial charge in [-0.25, -0.2) is 4.98 Å². The molecule has 0 unspecified atom stereocenters. The van der Waals surface area contributed by atoms with Gasteiger partial charge in [0.25, 0.3) is 5.91 Å². The topological polar surface area (TPSA) is 57.8 Å². The number of carbonyl (C=O) groups is 1. The van der Waals surface area contributed by atoms with Crippen molar-refractivity contribution in [3.8, 4) is 0 Å². The summed E-state index contributed by atoms with van der Waals surface area (Å²) in [5.41, 5.74) is 6.08. The van der Waals surface area contributed by atoms with Gasteiger partial charge >= 0.3 is 0 Å². The lowest BCUT2D eigenvalue weighted by Gasteiger charge is -2.06. The zero-order valence-corrected chi connectivity index (χ0v) is 17.6. The highest BCUT2D eigenvalue weighted by atomic mass is 16.1. The molecule has 0 radical (unpaired) electrons. The van der Waals surface area contributed by atoms with Gasteiger partial charge in [-0.15, -0.1) is 0 Å². The molecule has 0 aliphatic heterocycles. The van der Waals surface area contributed by atoms with Crippen LogP contribution < -0.4 is 5.32 Å². The molecule has 2 heterocycles. The number of hydrogen-bond donors (Lipinski definition) is 2. The molecule has 2 aromatic heterocycles. The van der Waals surface area contributed by atoms with Crippen molar-refractivity contribution in [1.82, 2.24) is 15.3 Å². The number of nitrogens with one attached hydrogen (secondary N) is 2. The molecule has 4 nitrogen and oxygen atoms in total. The van der Waals surface area contributed by atoms with Crippen molar-refractivity contribution >= 4 is 40.0 Å². The van der Waals surface area contributed by atoms with Crippen LogP contribution >= 0.6 is 0 Å². The predicted octanol–water partition coefficient (Wildman–Crippen LogP) is 5.86. The van der Waals surface area contributed by atoms with Crippen molar-refractivity contribution in [2.75, 3.05) is 6.54 Å². The maximum Gasteiger partial charge on any atom is 0.251 e. The Morgan fingerprint density at radius 2 is 1.69 bits per heavy atom. The Balaban J connectivity index is 1.39. The number of aromatic amines is 1. The molecule has 0 spiro atoms. The van der Waals surface area contributed by atoms with E-state index in [4.69, 9.17) is 0 Å². The predicted molar refractivity (Wildman–Crippen MR) is 131 cm³/mol. The van der Waals surface area contributed by atoms with Crippen molar-refractivity contribution < 1.29 is 4.79 Å². The second-order valence-electron chi connectivity index (χ2n) is 7.74. The highest BCUT2D eigenvalue weighted by molar-refractivity contribution is 6.10. The van der Waals surface area contributed by atoms with Gasteiger partial charge in [0.2, 0.25) is 0 Å². The third-order valence-corrected chi connectivity index (χ3v) is 5.58. The van der Waals surface area contributed by atoms with E-state index in [9.17, 15) is 4.79 Å². The third kappa shape index (κ3) is 4.16. The van der Waals surface area contributed by atoms with Crippen LogP contribution in [-0.2, 0) is 6.42 Å². The smallest absolute Gasteiger partial charge is 0.251 e. The summed E-state index contributed by atoms with van der Waals surface area (Å²) in [6.07, 6.45) is 6.86. The lowest BCUT2D eigenvalue weighted by Crippen LogP contribution is -2.25. The number of benzene rings is 3. The Kier molecular flexibility index (Phi) is 5.50. The highest BCUT2D eigenvalue weighted by Crippen LogP contribution is 2.29. The van der Waals surface area contributed by atoms with Crippen LogP contribution in [0.5, 0.6) is 0 Å². The minimum atomic E-state index is -0.0451. The summed E-state index contributed by atoms with van der Waals surface area (Å²) in [4.78, 5) is 20.2. The Labute approximate surface area is 186 Å². The van der Waals surface area contributed by atoms with E-state index in [0.29, 0.717) is 12.1 Å². The normalized spacial score (nSPS) is 11.4. The zero-order valence-electron chi connectivity index (χ0n) is 17.6. The summed E-state index contributed by atoms with van der Waals surface area (Å²) >= 11 is 0. The number of fused-ring (bicyclic) bond motifs is 3. The summed E-state index contributed by atoms with van der Waals surface area (Å²) in [6.45, 7) is 0.584. The lowest BCUT2D eigenvalue weighted by atomic mass is 10.0. The molecular weight excluding hydrogens is 394 g/mol. The molecule has 0 aliphatic carbocycles. The quantitative estimate of drug-likeness (QED) is 0.364. The van der Waals surface area contributed by atoms with Gasteiger partial charge in [-0.05, 0) is 53.4 Å².